The number of fused-ring (bicyclic) bond motifs is 9. The zero-order valence-electron chi connectivity index (χ0n) is 30.9. The minimum Gasteiger partial charge on any atom is -0.456 e. The average Bonchev–Trinajstić information content (AvgIpc) is 3.92. The highest BCUT2D eigenvalue weighted by molar-refractivity contribution is 6.18. The van der Waals surface area contributed by atoms with Gasteiger partial charge in [0.2, 0.25) is 0 Å². The lowest BCUT2D eigenvalue weighted by atomic mass is 10.0. The predicted octanol–water partition coefficient (Wildman–Crippen LogP) is 13.2. The van der Waals surface area contributed by atoms with E-state index in [0.717, 1.165) is 105 Å². The Hall–Kier alpha value is -7.90. The van der Waals surface area contributed by atoms with Gasteiger partial charge in [-0.1, -0.05) is 115 Å². The summed E-state index contributed by atoms with van der Waals surface area (Å²) in [5.74, 6) is 1.20. The number of aromatic nitrogens is 2. The van der Waals surface area contributed by atoms with Gasteiger partial charge in [-0.3, -0.25) is 0 Å². The Bertz CT molecular complexity index is 3530. The van der Waals surface area contributed by atoms with Crippen molar-refractivity contribution in [3.63, 3.8) is 0 Å². The third-order valence-corrected chi connectivity index (χ3v) is 11.0. The van der Waals surface area contributed by atoms with Crippen molar-refractivity contribution in [2.24, 2.45) is 9.98 Å². The van der Waals surface area contributed by atoms with Gasteiger partial charge in [0.25, 0.3) is 0 Å². The third-order valence-electron chi connectivity index (χ3n) is 11.0. The van der Waals surface area contributed by atoms with Crippen LogP contribution in [0.15, 0.2) is 193 Å². The molecule has 0 unspecified atom stereocenters. The standard InChI is InChI=1S/C51H30N4O3/c1-3-12-30(13-4-1)40-25-26-41(53-50(52-40)33-23-27-44-39(28-33)34-16-7-9-20-42(34)56-44)32-22-24-35-36-18-11-19-38(48(36)58-45(35)29-32)51-54-46(31-14-5-2-6-15-31)49-47(55-51)37-17-8-10-21-43(37)57-49/h1-24,26-29H,25H2. The molecular weight excluding hydrogens is 717 g/mol. The SMILES string of the molecule is C1=C(c2ccc3c(c2)oc2c(-c4nc(-c5ccccc5)c5oc6ccccc6c5n4)cccc23)N=C(c2ccc3oc4ccccc4c3c2)N=C(c2ccccc2)C1. The Labute approximate surface area is 330 Å². The third kappa shape index (κ3) is 5.21. The Balaban J connectivity index is 1.00. The van der Waals surface area contributed by atoms with Crippen molar-refractivity contribution < 1.29 is 13.3 Å². The van der Waals surface area contributed by atoms with Gasteiger partial charge >= 0.3 is 0 Å². The molecule has 4 aromatic heterocycles. The largest absolute Gasteiger partial charge is 0.456 e. The monoisotopic (exact) mass is 746 g/mol. The Morgan fingerprint density at radius 3 is 1.93 bits per heavy atom. The first kappa shape index (κ1) is 32.4. The van der Waals surface area contributed by atoms with E-state index in [4.69, 9.17) is 33.2 Å². The number of nitrogens with zero attached hydrogens (tertiary/aromatic N) is 4. The minimum atomic E-state index is 0.566. The first-order valence-corrected chi connectivity index (χ1v) is 19.3. The number of allylic oxidation sites excluding steroid dienone is 1. The smallest absolute Gasteiger partial charge is 0.180 e. The highest BCUT2D eigenvalue weighted by Crippen LogP contribution is 2.40. The van der Waals surface area contributed by atoms with Crippen molar-refractivity contribution >= 4 is 83.2 Å². The van der Waals surface area contributed by atoms with Gasteiger partial charge in [-0.15, -0.1) is 0 Å². The second-order valence-corrected chi connectivity index (χ2v) is 14.5. The second-order valence-electron chi connectivity index (χ2n) is 14.5. The fourth-order valence-corrected chi connectivity index (χ4v) is 8.18. The molecule has 7 nitrogen and oxygen atoms in total. The Morgan fingerprint density at radius 1 is 0.414 bits per heavy atom. The van der Waals surface area contributed by atoms with E-state index in [1.54, 1.807) is 0 Å². The number of para-hydroxylation sites is 3. The molecule has 0 radical (unpaired) electrons. The number of hydrogen-bond donors (Lipinski definition) is 0. The minimum absolute atomic E-state index is 0.566. The van der Waals surface area contributed by atoms with Gasteiger partial charge < -0.3 is 13.3 Å². The molecule has 0 fully saturated rings. The fourth-order valence-electron chi connectivity index (χ4n) is 8.18. The molecule has 1 aliphatic heterocycles. The fraction of sp³-hybridized carbons (Fsp3) is 0.0196. The number of hydrogen-bond acceptors (Lipinski definition) is 7. The topological polar surface area (TPSA) is 89.9 Å². The van der Waals surface area contributed by atoms with Crippen molar-refractivity contribution in [1.29, 1.82) is 0 Å². The first-order chi connectivity index (χ1) is 28.7. The van der Waals surface area contributed by atoms with Crippen LogP contribution in [0, 0.1) is 0 Å². The van der Waals surface area contributed by atoms with Gasteiger partial charge in [0.05, 0.1) is 17.0 Å². The van der Waals surface area contributed by atoms with E-state index >= 15 is 0 Å². The Kier molecular flexibility index (Phi) is 7.16. The Morgan fingerprint density at radius 2 is 1.09 bits per heavy atom. The van der Waals surface area contributed by atoms with Gasteiger partial charge in [0, 0.05) is 50.0 Å². The molecule has 11 aromatic rings. The number of amidine groups is 1. The summed E-state index contributed by atoms with van der Waals surface area (Å²) < 4.78 is 19.3. The van der Waals surface area contributed by atoms with Gasteiger partial charge in [0.15, 0.2) is 17.2 Å². The highest BCUT2D eigenvalue weighted by Gasteiger charge is 2.22. The zero-order valence-corrected chi connectivity index (χ0v) is 30.9. The summed E-state index contributed by atoms with van der Waals surface area (Å²) in [6.07, 6.45) is 2.76. The van der Waals surface area contributed by atoms with Crippen molar-refractivity contribution in [2.45, 2.75) is 6.42 Å². The van der Waals surface area contributed by atoms with E-state index in [1.807, 2.05) is 115 Å². The van der Waals surface area contributed by atoms with Crippen LogP contribution in [-0.4, -0.2) is 21.5 Å². The van der Waals surface area contributed by atoms with E-state index < -0.39 is 0 Å². The van der Waals surface area contributed by atoms with Crippen LogP contribution in [0.3, 0.4) is 0 Å². The van der Waals surface area contributed by atoms with Crippen molar-refractivity contribution in [3.05, 3.63) is 187 Å². The van der Waals surface area contributed by atoms with Crippen LogP contribution in [0.5, 0.6) is 0 Å². The van der Waals surface area contributed by atoms with Crippen LogP contribution in [0.25, 0.3) is 94.3 Å². The van der Waals surface area contributed by atoms with Crippen molar-refractivity contribution in [1.82, 2.24) is 9.97 Å². The van der Waals surface area contributed by atoms with E-state index in [0.29, 0.717) is 23.7 Å². The van der Waals surface area contributed by atoms with Crippen LogP contribution in [-0.2, 0) is 0 Å². The summed E-state index contributed by atoms with van der Waals surface area (Å²) >= 11 is 0. The molecule has 7 heteroatoms. The molecule has 58 heavy (non-hydrogen) atoms. The molecular formula is C51H30N4O3. The second kappa shape index (κ2) is 12.8. The molecule has 0 N–H and O–H groups in total. The molecule has 0 spiro atoms. The maximum absolute atomic E-state index is 6.79. The molecule has 12 rings (SSSR count). The van der Waals surface area contributed by atoms with Gasteiger partial charge in [-0.25, -0.2) is 20.0 Å². The summed E-state index contributed by atoms with van der Waals surface area (Å²) in [6.45, 7) is 0. The summed E-state index contributed by atoms with van der Waals surface area (Å²) in [5.41, 5.74) is 12.5. The lowest BCUT2D eigenvalue weighted by molar-refractivity contribution is 0.666. The molecule has 5 heterocycles. The van der Waals surface area contributed by atoms with E-state index in [9.17, 15) is 0 Å². The molecule has 0 amide bonds. The zero-order chi connectivity index (χ0) is 38.2. The lowest BCUT2D eigenvalue weighted by Gasteiger charge is -2.06. The molecule has 0 atom stereocenters. The molecule has 272 valence electrons. The number of aliphatic imine (C=N–C) groups is 2. The number of furan rings is 3. The maximum atomic E-state index is 6.79. The quantitative estimate of drug-likeness (QED) is 0.175. The van der Waals surface area contributed by atoms with Crippen LogP contribution >= 0.6 is 0 Å². The molecule has 0 bridgehead atoms. The normalized spacial score (nSPS) is 13.4. The summed E-state index contributed by atoms with van der Waals surface area (Å²) in [5, 5.41) is 5.01. The van der Waals surface area contributed by atoms with Crippen LogP contribution in [0.1, 0.15) is 23.1 Å². The highest BCUT2D eigenvalue weighted by atomic mass is 16.3. The van der Waals surface area contributed by atoms with Gasteiger partial charge in [0.1, 0.15) is 39.1 Å². The van der Waals surface area contributed by atoms with Crippen molar-refractivity contribution in [3.8, 4) is 22.6 Å². The molecule has 0 saturated carbocycles. The molecule has 1 aliphatic rings. The van der Waals surface area contributed by atoms with Crippen LogP contribution < -0.4 is 0 Å². The van der Waals surface area contributed by atoms with Gasteiger partial charge in [-0.05, 0) is 60.2 Å². The first-order valence-electron chi connectivity index (χ1n) is 19.3. The van der Waals surface area contributed by atoms with E-state index in [-0.39, 0.29) is 0 Å². The number of benzene rings is 7. The summed E-state index contributed by atoms with van der Waals surface area (Å²) in [6, 6.07) is 55.1. The van der Waals surface area contributed by atoms with E-state index in [2.05, 4.69) is 54.6 Å². The maximum Gasteiger partial charge on any atom is 0.180 e. The molecule has 0 saturated heterocycles. The molecule has 0 aliphatic carbocycles. The molecule has 7 aromatic carbocycles. The lowest BCUT2D eigenvalue weighted by Crippen LogP contribution is -2.04. The predicted molar refractivity (Wildman–Crippen MR) is 233 cm³/mol. The van der Waals surface area contributed by atoms with Crippen LogP contribution in [0.2, 0.25) is 0 Å². The van der Waals surface area contributed by atoms with Gasteiger partial charge in [-0.2, -0.15) is 0 Å². The summed E-state index contributed by atoms with van der Waals surface area (Å²) in [7, 11) is 0. The average molecular weight is 747 g/mol. The number of rotatable bonds is 5. The van der Waals surface area contributed by atoms with Crippen LogP contribution in [0.4, 0.5) is 0 Å². The van der Waals surface area contributed by atoms with Crippen molar-refractivity contribution in [2.75, 3.05) is 0 Å². The summed E-state index contributed by atoms with van der Waals surface area (Å²) in [4.78, 5) is 20.8. The van der Waals surface area contributed by atoms with E-state index in [1.165, 1.54) is 0 Å².